The molecule has 0 radical (unpaired) electrons. The second-order valence-electron chi connectivity index (χ2n) is 5.90. The Morgan fingerprint density at radius 1 is 1.37 bits per heavy atom. The largest absolute Gasteiger partial charge is 0.477 e. The zero-order valence-electron chi connectivity index (χ0n) is 11.8. The van der Waals surface area contributed by atoms with Gasteiger partial charge in [0, 0.05) is 16.7 Å². The molecule has 1 heterocycles. The molecular weight excluding hydrogens is 240 g/mol. The molecule has 4 nitrogen and oxygen atoms in total. The Labute approximate surface area is 113 Å². The highest BCUT2D eigenvalue weighted by atomic mass is 16.4. The van der Waals surface area contributed by atoms with Crippen LogP contribution in [0.2, 0.25) is 0 Å². The molecule has 0 fully saturated rings. The molecule has 1 aliphatic heterocycles. The van der Waals surface area contributed by atoms with Crippen LogP contribution in [0.1, 0.15) is 39.7 Å². The molecule has 1 unspecified atom stereocenters. The highest BCUT2D eigenvalue weighted by Gasteiger charge is 2.44. The summed E-state index contributed by atoms with van der Waals surface area (Å²) in [6.07, 6.45) is 0.724. The smallest absolute Gasteiger partial charge is 0.354 e. The highest BCUT2D eigenvalue weighted by molar-refractivity contribution is 6.44. The number of hydrogen-bond donors (Lipinski definition) is 2. The topological polar surface area (TPSA) is 61.7 Å². The molecule has 0 bridgehead atoms. The molecule has 19 heavy (non-hydrogen) atoms. The number of fused-ring (bicyclic) bond motifs is 1. The molecule has 1 atom stereocenters. The van der Waals surface area contributed by atoms with Crippen molar-refractivity contribution in [2.75, 3.05) is 5.32 Å². The van der Waals surface area contributed by atoms with E-state index in [1.807, 2.05) is 25.1 Å². The third kappa shape index (κ3) is 2.11. The monoisotopic (exact) mass is 260 g/mol. The maximum atomic E-state index is 11.5. The lowest BCUT2D eigenvalue weighted by atomic mass is 9.77. The van der Waals surface area contributed by atoms with Crippen LogP contribution in [0.3, 0.4) is 0 Å². The van der Waals surface area contributed by atoms with E-state index < -0.39 is 11.6 Å². The number of carboxylic acid groups (broad SMARTS) is 1. The third-order valence-electron chi connectivity index (χ3n) is 3.78. The Bertz CT molecular complexity index is 543. The first-order chi connectivity index (χ1) is 8.81. The molecule has 1 aromatic carbocycles. The summed E-state index contributed by atoms with van der Waals surface area (Å²) < 4.78 is 0. The molecule has 4 heteroatoms. The normalized spacial score (nSPS) is 22.2. The third-order valence-corrected chi connectivity index (χ3v) is 3.78. The van der Waals surface area contributed by atoms with Crippen LogP contribution in [0.25, 0.3) is 0 Å². The van der Waals surface area contributed by atoms with E-state index in [0.717, 1.165) is 12.1 Å². The number of benzene rings is 1. The van der Waals surface area contributed by atoms with E-state index in [1.54, 1.807) is 6.07 Å². The molecule has 1 aromatic rings. The quantitative estimate of drug-likeness (QED) is 0.858. The van der Waals surface area contributed by atoms with Crippen LogP contribution in [0, 0.1) is 5.41 Å². The van der Waals surface area contributed by atoms with Gasteiger partial charge < -0.3 is 10.4 Å². The highest BCUT2D eigenvalue weighted by Crippen LogP contribution is 2.41. The van der Waals surface area contributed by atoms with Gasteiger partial charge in [0.2, 0.25) is 0 Å². The molecule has 0 spiro atoms. The van der Waals surface area contributed by atoms with E-state index in [1.165, 1.54) is 0 Å². The van der Waals surface area contributed by atoms with Crippen LogP contribution in [0.5, 0.6) is 0 Å². The summed E-state index contributed by atoms with van der Waals surface area (Å²) in [5, 5.41) is 12.9. The number of nitrogens with zero attached hydrogens (tertiary/aromatic N) is 1. The van der Waals surface area contributed by atoms with Gasteiger partial charge in [-0.15, -0.1) is 0 Å². The second-order valence-corrected chi connectivity index (χ2v) is 5.90. The minimum absolute atomic E-state index is 0.145. The summed E-state index contributed by atoms with van der Waals surface area (Å²) in [7, 11) is 0. The average molecular weight is 260 g/mol. The van der Waals surface area contributed by atoms with E-state index in [-0.39, 0.29) is 11.1 Å². The summed E-state index contributed by atoms with van der Waals surface area (Å²) in [6, 6.07) is 7.43. The second kappa shape index (κ2) is 4.37. The van der Waals surface area contributed by atoms with Crippen LogP contribution in [-0.2, 0) is 4.79 Å². The number of anilines is 1. The average Bonchev–Trinajstić information content (AvgIpc) is 2.35. The van der Waals surface area contributed by atoms with Crippen molar-refractivity contribution in [1.82, 2.24) is 0 Å². The minimum Gasteiger partial charge on any atom is -0.477 e. The van der Waals surface area contributed by atoms with Gasteiger partial charge in [-0.05, 0) is 12.5 Å². The van der Waals surface area contributed by atoms with Gasteiger partial charge in [-0.2, -0.15) is 0 Å². The fourth-order valence-corrected chi connectivity index (χ4v) is 2.52. The zero-order chi connectivity index (χ0) is 14.3. The Morgan fingerprint density at radius 2 is 2.00 bits per heavy atom. The molecule has 2 N–H and O–H groups in total. The summed E-state index contributed by atoms with van der Waals surface area (Å²) in [5.41, 5.74) is 0.867. The summed E-state index contributed by atoms with van der Waals surface area (Å²) >= 11 is 0. The van der Waals surface area contributed by atoms with Crippen LogP contribution in [0.15, 0.2) is 29.3 Å². The molecule has 1 aliphatic rings. The lowest BCUT2D eigenvalue weighted by molar-refractivity contribution is -0.129. The van der Waals surface area contributed by atoms with Gasteiger partial charge in [0.25, 0.3) is 0 Å². The van der Waals surface area contributed by atoms with Crippen molar-refractivity contribution in [3.63, 3.8) is 0 Å². The molecule has 0 aromatic heterocycles. The van der Waals surface area contributed by atoms with E-state index in [2.05, 4.69) is 31.1 Å². The molecule has 2 rings (SSSR count). The van der Waals surface area contributed by atoms with Gasteiger partial charge in [-0.25, -0.2) is 9.79 Å². The Kier molecular flexibility index (Phi) is 3.12. The molecular formula is C15H20N2O2. The van der Waals surface area contributed by atoms with Gasteiger partial charge in [0.1, 0.15) is 5.66 Å². The molecule has 102 valence electrons. The number of aliphatic imine (C=N–C) groups is 1. The van der Waals surface area contributed by atoms with Crippen LogP contribution >= 0.6 is 0 Å². The summed E-state index contributed by atoms with van der Waals surface area (Å²) in [5.74, 6) is -0.976. The molecule has 0 saturated heterocycles. The fraction of sp³-hybridized carbons (Fsp3) is 0.467. The lowest BCUT2D eigenvalue weighted by Gasteiger charge is -2.45. The number of aliphatic carboxylic acids is 1. The summed E-state index contributed by atoms with van der Waals surface area (Å²) in [4.78, 5) is 16.0. The van der Waals surface area contributed by atoms with Crippen LogP contribution < -0.4 is 5.32 Å². The number of para-hydroxylation sites is 1. The maximum Gasteiger partial charge on any atom is 0.354 e. The van der Waals surface area contributed by atoms with Gasteiger partial charge in [0.15, 0.2) is 5.71 Å². The maximum absolute atomic E-state index is 11.5. The van der Waals surface area contributed by atoms with Crippen LogP contribution in [0.4, 0.5) is 5.69 Å². The molecule has 0 aliphatic carbocycles. The Hall–Kier alpha value is -1.84. The predicted molar refractivity (Wildman–Crippen MR) is 76.7 cm³/mol. The first kappa shape index (κ1) is 13.6. The number of carboxylic acids is 1. The standard InChI is InChI=1S/C15H20N2O2/c1-5-15(14(2,3)4)16-11-9-7-6-8-10(11)12(17-15)13(18)19/h6-9,16H,5H2,1-4H3,(H,18,19). The number of hydrogen-bond acceptors (Lipinski definition) is 3. The SMILES string of the molecule is CCC1(C(C)(C)C)N=C(C(=O)O)c2ccccc2N1. The molecule has 0 amide bonds. The lowest BCUT2D eigenvalue weighted by Crippen LogP contribution is -2.51. The summed E-state index contributed by atoms with van der Waals surface area (Å²) in [6.45, 7) is 8.23. The Balaban J connectivity index is 2.66. The van der Waals surface area contributed by atoms with E-state index in [0.29, 0.717) is 5.56 Å². The van der Waals surface area contributed by atoms with Crippen molar-refractivity contribution in [3.8, 4) is 0 Å². The van der Waals surface area contributed by atoms with Crippen molar-refractivity contribution in [1.29, 1.82) is 0 Å². The minimum atomic E-state index is -0.976. The first-order valence-corrected chi connectivity index (χ1v) is 6.51. The first-order valence-electron chi connectivity index (χ1n) is 6.51. The van der Waals surface area contributed by atoms with Crippen molar-refractivity contribution in [3.05, 3.63) is 29.8 Å². The van der Waals surface area contributed by atoms with Crippen molar-refractivity contribution < 1.29 is 9.90 Å². The van der Waals surface area contributed by atoms with E-state index >= 15 is 0 Å². The number of nitrogens with one attached hydrogen (secondary N) is 1. The van der Waals surface area contributed by atoms with Gasteiger partial charge in [-0.1, -0.05) is 45.9 Å². The van der Waals surface area contributed by atoms with Gasteiger partial charge >= 0.3 is 5.97 Å². The predicted octanol–water partition coefficient (Wildman–Crippen LogP) is 3.14. The Morgan fingerprint density at radius 3 is 2.53 bits per heavy atom. The zero-order valence-corrected chi connectivity index (χ0v) is 11.8. The van der Waals surface area contributed by atoms with E-state index in [4.69, 9.17) is 0 Å². The van der Waals surface area contributed by atoms with Crippen molar-refractivity contribution >= 4 is 17.4 Å². The van der Waals surface area contributed by atoms with E-state index in [9.17, 15) is 9.90 Å². The van der Waals surface area contributed by atoms with Crippen LogP contribution in [-0.4, -0.2) is 22.5 Å². The van der Waals surface area contributed by atoms with Crippen molar-refractivity contribution in [2.24, 2.45) is 10.4 Å². The number of rotatable bonds is 2. The fourth-order valence-electron chi connectivity index (χ4n) is 2.52. The number of carbonyl (C=O) groups is 1. The van der Waals surface area contributed by atoms with Gasteiger partial charge in [-0.3, -0.25) is 0 Å². The molecule has 0 saturated carbocycles. The van der Waals surface area contributed by atoms with Gasteiger partial charge in [0.05, 0.1) is 0 Å². The van der Waals surface area contributed by atoms with Crippen molar-refractivity contribution in [2.45, 2.75) is 39.8 Å².